The van der Waals surface area contributed by atoms with Crippen molar-refractivity contribution in [3.63, 3.8) is 0 Å². The van der Waals surface area contributed by atoms with Crippen molar-refractivity contribution in [1.29, 1.82) is 0 Å². The average Bonchev–Trinajstić information content (AvgIpc) is 3.42. The van der Waals surface area contributed by atoms with Crippen molar-refractivity contribution in [2.24, 2.45) is 17.6 Å². The number of unbranched alkanes of at least 4 members (excludes halogenated alkanes) is 1. The van der Waals surface area contributed by atoms with E-state index in [1.54, 1.807) is 4.90 Å². The lowest BCUT2D eigenvalue weighted by atomic mass is 9.93. The number of primary amides is 1. The number of Topliss-reactive ketones (excluding diaryl/α,β-unsaturated/α-hetero) is 1. The SMILES string of the molecule is CCCCC(NC(=O)C1[C@@H](C)CCN1C(=O)C(NC(C)C)C1Cc2ccccc2C1)C(=O)C(N)=O. The Labute approximate surface area is 208 Å². The second-order valence-electron chi connectivity index (χ2n) is 10.4. The maximum atomic E-state index is 13.9. The lowest BCUT2D eigenvalue weighted by Gasteiger charge is -2.34. The highest BCUT2D eigenvalue weighted by Gasteiger charge is 2.45. The number of ketones is 1. The Morgan fingerprint density at radius 3 is 2.29 bits per heavy atom. The number of fused-ring (bicyclic) bond motifs is 1. The van der Waals surface area contributed by atoms with Crippen LogP contribution in [-0.4, -0.2) is 59.1 Å². The predicted molar refractivity (Wildman–Crippen MR) is 134 cm³/mol. The Morgan fingerprint density at radius 2 is 1.74 bits per heavy atom. The van der Waals surface area contributed by atoms with E-state index in [9.17, 15) is 19.2 Å². The van der Waals surface area contributed by atoms with Crippen LogP contribution in [0.15, 0.2) is 24.3 Å². The molecule has 0 aromatic heterocycles. The zero-order valence-electron chi connectivity index (χ0n) is 21.4. The van der Waals surface area contributed by atoms with E-state index in [-0.39, 0.29) is 23.8 Å². The molecule has 8 nitrogen and oxygen atoms in total. The molecular formula is C27H40N4O4. The number of rotatable bonds is 11. The van der Waals surface area contributed by atoms with E-state index in [0.29, 0.717) is 25.8 Å². The third-order valence-electron chi connectivity index (χ3n) is 7.31. The molecule has 1 fully saturated rings. The van der Waals surface area contributed by atoms with Gasteiger partial charge < -0.3 is 21.3 Å². The molecule has 1 aliphatic heterocycles. The van der Waals surface area contributed by atoms with Crippen molar-refractivity contribution >= 4 is 23.5 Å². The topological polar surface area (TPSA) is 122 Å². The molecular weight excluding hydrogens is 444 g/mol. The second-order valence-corrected chi connectivity index (χ2v) is 10.4. The molecule has 1 aromatic carbocycles. The molecule has 0 spiro atoms. The fourth-order valence-electron chi connectivity index (χ4n) is 5.48. The third-order valence-corrected chi connectivity index (χ3v) is 7.31. The van der Waals surface area contributed by atoms with Crippen LogP contribution in [0, 0.1) is 11.8 Å². The van der Waals surface area contributed by atoms with Crippen molar-refractivity contribution in [2.45, 2.75) is 90.4 Å². The molecule has 3 unspecified atom stereocenters. The number of nitrogens with one attached hydrogen (secondary N) is 2. The van der Waals surface area contributed by atoms with Crippen LogP contribution in [0.25, 0.3) is 0 Å². The molecule has 3 rings (SSSR count). The number of carbonyl (C=O) groups is 4. The fraction of sp³-hybridized carbons (Fsp3) is 0.630. The smallest absolute Gasteiger partial charge is 0.287 e. The standard InChI is InChI=1S/C27H40N4O4/c1-5-6-11-21(24(32)25(28)33)30-26(34)23-17(4)12-13-31(23)27(35)22(29-16(2)3)20-14-18-9-7-8-10-19(18)15-20/h7-10,16-17,20-23,29H,5-6,11-15H2,1-4H3,(H2,28,33)(H,30,34)/t17-,21?,22?,23?/m0/s1. The first-order valence-corrected chi connectivity index (χ1v) is 12.9. The van der Waals surface area contributed by atoms with Gasteiger partial charge in [-0.1, -0.05) is 64.8 Å². The van der Waals surface area contributed by atoms with E-state index in [1.165, 1.54) is 11.1 Å². The maximum absolute atomic E-state index is 13.9. The average molecular weight is 485 g/mol. The number of hydrogen-bond donors (Lipinski definition) is 3. The molecule has 192 valence electrons. The van der Waals surface area contributed by atoms with Crippen molar-refractivity contribution in [1.82, 2.24) is 15.5 Å². The molecule has 4 N–H and O–H groups in total. The van der Waals surface area contributed by atoms with Crippen LogP contribution in [0.1, 0.15) is 64.5 Å². The summed E-state index contributed by atoms with van der Waals surface area (Å²) < 4.78 is 0. The molecule has 0 bridgehead atoms. The number of likely N-dealkylation sites (tertiary alicyclic amines) is 1. The Kier molecular flexibility index (Phi) is 9.05. The van der Waals surface area contributed by atoms with Crippen LogP contribution in [0.4, 0.5) is 0 Å². The van der Waals surface area contributed by atoms with Crippen LogP contribution >= 0.6 is 0 Å². The van der Waals surface area contributed by atoms with E-state index in [1.807, 2.05) is 39.8 Å². The monoisotopic (exact) mass is 484 g/mol. The Hall–Kier alpha value is -2.74. The first-order valence-electron chi connectivity index (χ1n) is 12.9. The van der Waals surface area contributed by atoms with E-state index >= 15 is 0 Å². The van der Waals surface area contributed by atoms with E-state index in [0.717, 1.165) is 19.3 Å². The van der Waals surface area contributed by atoms with Crippen LogP contribution in [0.5, 0.6) is 0 Å². The molecule has 1 aromatic rings. The first kappa shape index (κ1) is 26.9. The number of carbonyl (C=O) groups excluding carboxylic acids is 4. The summed E-state index contributed by atoms with van der Waals surface area (Å²) in [6, 6.07) is 6.33. The number of benzene rings is 1. The van der Waals surface area contributed by atoms with Gasteiger partial charge in [0, 0.05) is 12.6 Å². The lowest BCUT2D eigenvalue weighted by molar-refractivity contribution is -0.143. The van der Waals surface area contributed by atoms with Gasteiger partial charge in [0.2, 0.25) is 17.6 Å². The number of nitrogens with zero attached hydrogens (tertiary/aromatic N) is 1. The molecule has 1 aliphatic carbocycles. The van der Waals surface area contributed by atoms with Gasteiger partial charge in [-0.15, -0.1) is 0 Å². The number of nitrogens with two attached hydrogens (primary N) is 1. The molecule has 35 heavy (non-hydrogen) atoms. The van der Waals surface area contributed by atoms with Gasteiger partial charge in [-0.05, 0) is 48.6 Å². The number of hydrogen-bond acceptors (Lipinski definition) is 5. The second kappa shape index (κ2) is 11.8. The van der Waals surface area contributed by atoms with E-state index in [4.69, 9.17) is 5.73 Å². The minimum Gasteiger partial charge on any atom is -0.363 e. The largest absolute Gasteiger partial charge is 0.363 e. The van der Waals surface area contributed by atoms with Crippen molar-refractivity contribution < 1.29 is 19.2 Å². The summed E-state index contributed by atoms with van der Waals surface area (Å²) in [6.45, 7) is 8.44. The van der Waals surface area contributed by atoms with Gasteiger partial charge in [-0.3, -0.25) is 19.2 Å². The van der Waals surface area contributed by atoms with Gasteiger partial charge in [-0.25, -0.2) is 0 Å². The molecule has 3 amide bonds. The Balaban J connectivity index is 1.79. The molecule has 0 radical (unpaired) electrons. The van der Waals surface area contributed by atoms with Gasteiger partial charge >= 0.3 is 0 Å². The zero-order chi connectivity index (χ0) is 25.7. The third kappa shape index (κ3) is 6.28. The summed E-state index contributed by atoms with van der Waals surface area (Å²) in [4.78, 5) is 52.8. The zero-order valence-corrected chi connectivity index (χ0v) is 21.4. The highest BCUT2D eigenvalue weighted by atomic mass is 16.2. The molecule has 0 saturated carbocycles. The first-order chi connectivity index (χ1) is 16.6. The van der Waals surface area contributed by atoms with Crippen LogP contribution in [0.3, 0.4) is 0 Å². The minimum absolute atomic E-state index is 0.0602. The summed E-state index contributed by atoms with van der Waals surface area (Å²) in [5.41, 5.74) is 7.76. The van der Waals surface area contributed by atoms with Gasteiger partial charge in [0.1, 0.15) is 6.04 Å². The normalized spacial score (nSPS) is 21.6. The maximum Gasteiger partial charge on any atom is 0.287 e. The quantitative estimate of drug-likeness (QED) is 0.413. The van der Waals surface area contributed by atoms with Crippen LogP contribution in [0.2, 0.25) is 0 Å². The van der Waals surface area contributed by atoms with Gasteiger partial charge in [-0.2, -0.15) is 0 Å². The van der Waals surface area contributed by atoms with Crippen LogP contribution in [-0.2, 0) is 32.0 Å². The summed E-state index contributed by atoms with van der Waals surface area (Å²) in [7, 11) is 0. The predicted octanol–water partition coefficient (Wildman–Crippen LogP) is 1.73. The highest BCUT2D eigenvalue weighted by molar-refractivity contribution is 6.37. The molecule has 8 heteroatoms. The highest BCUT2D eigenvalue weighted by Crippen LogP contribution is 2.32. The fourth-order valence-corrected chi connectivity index (χ4v) is 5.48. The van der Waals surface area contributed by atoms with Gasteiger partial charge in [0.05, 0.1) is 12.1 Å². The molecule has 1 saturated heterocycles. The summed E-state index contributed by atoms with van der Waals surface area (Å²) in [5.74, 6) is -2.27. The van der Waals surface area contributed by atoms with Crippen molar-refractivity contribution in [3.8, 4) is 0 Å². The summed E-state index contributed by atoms with van der Waals surface area (Å²) in [5, 5.41) is 6.22. The summed E-state index contributed by atoms with van der Waals surface area (Å²) >= 11 is 0. The van der Waals surface area contributed by atoms with Gasteiger partial charge in [0.25, 0.3) is 5.91 Å². The Bertz CT molecular complexity index is 922. The molecule has 4 atom stereocenters. The minimum atomic E-state index is -1.05. The molecule has 1 heterocycles. The van der Waals surface area contributed by atoms with Crippen molar-refractivity contribution in [3.05, 3.63) is 35.4 Å². The van der Waals surface area contributed by atoms with E-state index < -0.39 is 35.7 Å². The molecule has 2 aliphatic rings. The van der Waals surface area contributed by atoms with Gasteiger partial charge in [0.15, 0.2) is 0 Å². The van der Waals surface area contributed by atoms with Crippen LogP contribution < -0.4 is 16.4 Å². The Morgan fingerprint density at radius 1 is 1.11 bits per heavy atom. The van der Waals surface area contributed by atoms with Crippen molar-refractivity contribution in [2.75, 3.05) is 6.54 Å². The summed E-state index contributed by atoms with van der Waals surface area (Å²) in [6.07, 6.45) is 4.17. The number of amides is 3. The van der Waals surface area contributed by atoms with E-state index in [2.05, 4.69) is 22.8 Å². The lowest BCUT2D eigenvalue weighted by Crippen LogP contribution is -2.58.